The largest absolute Gasteiger partial charge is 0.480 e. The zero-order valence-corrected chi connectivity index (χ0v) is 14.3. The topological polar surface area (TPSA) is 114 Å². The molecule has 9 nitrogen and oxygen atoms in total. The molecule has 0 spiro atoms. The molecule has 1 saturated heterocycles. The summed E-state index contributed by atoms with van der Waals surface area (Å²) in [6.45, 7) is 2.45. The van der Waals surface area contributed by atoms with Crippen LogP contribution < -0.4 is 10.1 Å². The molecule has 0 saturated carbocycles. The number of hydrogen-bond donors (Lipinski definition) is 2. The lowest BCUT2D eigenvalue weighted by atomic mass is 10.1. The first-order valence-electron chi connectivity index (χ1n) is 8.07. The highest BCUT2D eigenvalue weighted by molar-refractivity contribution is 5.87. The Morgan fingerprint density at radius 1 is 1.48 bits per heavy atom. The number of carbonyl (C=O) groups excluding carboxylic acids is 1. The third-order valence-corrected chi connectivity index (χ3v) is 3.70. The summed E-state index contributed by atoms with van der Waals surface area (Å²) in [5.41, 5.74) is 0.393. The second kappa shape index (κ2) is 8.86. The molecule has 0 bridgehead atoms. The van der Waals surface area contributed by atoms with Crippen molar-refractivity contribution in [1.82, 2.24) is 14.9 Å². The number of anilines is 1. The quantitative estimate of drug-likeness (QED) is 0.591. The summed E-state index contributed by atoms with van der Waals surface area (Å²) in [6.07, 6.45) is 5.13. The molecule has 2 rings (SSSR count). The summed E-state index contributed by atoms with van der Waals surface area (Å²) >= 11 is 0. The van der Waals surface area contributed by atoms with Crippen molar-refractivity contribution in [2.24, 2.45) is 0 Å². The van der Waals surface area contributed by atoms with Crippen LogP contribution in [0, 0.1) is 0 Å². The lowest BCUT2D eigenvalue weighted by Gasteiger charge is -2.34. The molecule has 1 aromatic rings. The monoisotopic (exact) mass is 350 g/mol. The molecule has 0 aliphatic carbocycles. The van der Waals surface area contributed by atoms with Gasteiger partial charge in [0.15, 0.2) is 5.82 Å². The Hall–Kier alpha value is -2.84. The molecular formula is C16H22N4O5. The maximum atomic E-state index is 11.5. The van der Waals surface area contributed by atoms with Crippen LogP contribution in [0.4, 0.5) is 10.6 Å². The summed E-state index contributed by atoms with van der Waals surface area (Å²) in [6, 6.07) is 0. The Morgan fingerprint density at radius 3 is 2.96 bits per heavy atom. The first-order chi connectivity index (χ1) is 12.0. The van der Waals surface area contributed by atoms with E-state index in [0.29, 0.717) is 24.5 Å². The highest BCUT2D eigenvalue weighted by Crippen LogP contribution is 2.22. The van der Waals surface area contributed by atoms with Gasteiger partial charge in [-0.05, 0) is 32.3 Å². The predicted octanol–water partition coefficient (Wildman–Crippen LogP) is 1.96. The maximum Gasteiger partial charge on any atom is 0.408 e. The zero-order chi connectivity index (χ0) is 18.2. The van der Waals surface area contributed by atoms with Gasteiger partial charge in [-0.15, -0.1) is 0 Å². The van der Waals surface area contributed by atoms with E-state index in [1.165, 1.54) is 30.4 Å². The normalized spacial score (nSPS) is 17.4. The van der Waals surface area contributed by atoms with Gasteiger partial charge in [0.25, 0.3) is 0 Å². The second-order valence-corrected chi connectivity index (χ2v) is 5.36. The molecule has 1 aliphatic rings. The number of methoxy groups -OCH3 is 1. The van der Waals surface area contributed by atoms with Gasteiger partial charge in [-0.2, -0.15) is 4.98 Å². The van der Waals surface area contributed by atoms with E-state index in [2.05, 4.69) is 15.3 Å². The van der Waals surface area contributed by atoms with Crippen LogP contribution in [0.1, 0.15) is 31.9 Å². The van der Waals surface area contributed by atoms with Gasteiger partial charge in [-0.3, -0.25) is 4.90 Å². The fourth-order valence-electron chi connectivity index (χ4n) is 2.51. The Kier molecular flexibility index (Phi) is 6.55. The number of hydrogen-bond acceptors (Lipinski definition) is 7. The summed E-state index contributed by atoms with van der Waals surface area (Å²) < 4.78 is 9.92. The van der Waals surface area contributed by atoms with Crippen molar-refractivity contribution in [3.05, 3.63) is 18.0 Å². The lowest BCUT2D eigenvalue weighted by molar-refractivity contribution is -0.137. The number of aromatic nitrogens is 2. The van der Waals surface area contributed by atoms with Crippen molar-refractivity contribution < 1.29 is 24.2 Å². The van der Waals surface area contributed by atoms with Crippen LogP contribution in [0.25, 0.3) is 6.08 Å². The number of esters is 1. The van der Waals surface area contributed by atoms with Crippen LogP contribution in [0.3, 0.4) is 0 Å². The molecular weight excluding hydrogens is 328 g/mol. The Balaban J connectivity index is 2.24. The molecule has 25 heavy (non-hydrogen) atoms. The highest BCUT2D eigenvalue weighted by atomic mass is 16.5. The second-order valence-electron chi connectivity index (χ2n) is 5.36. The van der Waals surface area contributed by atoms with E-state index >= 15 is 0 Å². The molecule has 1 atom stereocenters. The zero-order valence-electron chi connectivity index (χ0n) is 14.3. The number of rotatable bonds is 6. The molecule has 0 radical (unpaired) electrons. The van der Waals surface area contributed by atoms with E-state index in [1.807, 2.05) is 0 Å². The van der Waals surface area contributed by atoms with Gasteiger partial charge in [0.1, 0.15) is 11.9 Å². The van der Waals surface area contributed by atoms with Gasteiger partial charge in [-0.25, -0.2) is 14.6 Å². The highest BCUT2D eigenvalue weighted by Gasteiger charge is 2.27. The van der Waals surface area contributed by atoms with Crippen molar-refractivity contribution in [2.45, 2.75) is 32.4 Å². The van der Waals surface area contributed by atoms with Gasteiger partial charge >= 0.3 is 12.1 Å². The molecule has 1 unspecified atom stereocenters. The van der Waals surface area contributed by atoms with E-state index in [-0.39, 0.29) is 12.5 Å². The number of carbonyl (C=O) groups is 2. The van der Waals surface area contributed by atoms with Crippen LogP contribution >= 0.6 is 0 Å². The van der Waals surface area contributed by atoms with E-state index in [4.69, 9.17) is 9.47 Å². The first-order valence-corrected chi connectivity index (χ1v) is 8.07. The molecule has 1 aliphatic heterocycles. The lowest BCUT2D eigenvalue weighted by Crippen LogP contribution is -2.47. The third-order valence-electron chi connectivity index (χ3n) is 3.70. The van der Waals surface area contributed by atoms with Crippen LogP contribution in [-0.4, -0.2) is 58.5 Å². The fourth-order valence-corrected chi connectivity index (χ4v) is 2.51. The minimum atomic E-state index is -0.989. The third kappa shape index (κ3) is 5.07. The van der Waals surface area contributed by atoms with E-state index in [9.17, 15) is 14.7 Å². The predicted molar refractivity (Wildman–Crippen MR) is 90.2 cm³/mol. The minimum Gasteiger partial charge on any atom is -0.480 e. The van der Waals surface area contributed by atoms with Crippen molar-refractivity contribution >= 4 is 24.0 Å². The number of piperidine rings is 1. The average Bonchev–Trinajstić information content (AvgIpc) is 2.61. The molecule has 1 fully saturated rings. The summed E-state index contributed by atoms with van der Waals surface area (Å²) in [4.78, 5) is 32.7. The van der Waals surface area contributed by atoms with Crippen molar-refractivity contribution in [1.29, 1.82) is 0 Å². The van der Waals surface area contributed by atoms with Crippen LogP contribution in [-0.2, 0) is 9.53 Å². The smallest absolute Gasteiger partial charge is 0.408 e. The number of likely N-dealkylation sites (tertiary alicyclic amines) is 1. The van der Waals surface area contributed by atoms with E-state index < -0.39 is 18.2 Å². The van der Waals surface area contributed by atoms with Gasteiger partial charge in [0, 0.05) is 12.6 Å². The number of ether oxygens (including phenoxy) is 2. The molecule has 136 valence electrons. The van der Waals surface area contributed by atoms with Crippen molar-refractivity contribution in [3.63, 3.8) is 0 Å². The number of amides is 1. The maximum absolute atomic E-state index is 11.5. The number of nitrogens with zero attached hydrogens (tertiary/aromatic N) is 3. The standard InChI is InChI=1S/C16H22N4O5/c1-3-25-14(21)8-7-11-15(19-13(24-2)10-17-11)18-12-6-4-5-9-20(12)16(22)23/h7-8,10,12H,3-6,9H2,1-2H3,(H,18,19)(H,22,23)/b8-7+. The van der Waals surface area contributed by atoms with Crippen LogP contribution in [0.15, 0.2) is 12.3 Å². The fraction of sp³-hybridized carbons (Fsp3) is 0.500. The summed E-state index contributed by atoms with van der Waals surface area (Å²) in [5.74, 6) is 0.141. The van der Waals surface area contributed by atoms with Crippen LogP contribution in [0.2, 0.25) is 0 Å². The van der Waals surface area contributed by atoms with Gasteiger partial charge in [0.2, 0.25) is 5.88 Å². The molecule has 1 amide bonds. The Labute approximate surface area is 145 Å². The first kappa shape index (κ1) is 18.5. The van der Waals surface area contributed by atoms with Gasteiger partial charge in [0.05, 0.1) is 19.9 Å². The van der Waals surface area contributed by atoms with Crippen molar-refractivity contribution in [3.8, 4) is 5.88 Å². The Bertz CT molecular complexity index is 649. The summed E-state index contributed by atoms with van der Waals surface area (Å²) in [7, 11) is 1.46. The summed E-state index contributed by atoms with van der Waals surface area (Å²) in [5, 5.41) is 12.4. The number of nitrogens with one attached hydrogen (secondary N) is 1. The molecule has 1 aromatic heterocycles. The van der Waals surface area contributed by atoms with E-state index in [0.717, 1.165) is 12.8 Å². The van der Waals surface area contributed by atoms with Crippen LogP contribution in [0.5, 0.6) is 5.88 Å². The van der Waals surface area contributed by atoms with E-state index in [1.54, 1.807) is 6.92 Å². The molecule has 2 N–H and O–H groups in total. The molecule has 0 aromatic carbocycles. The number of carboxylic acid groups (broad SMARTS) is 1. The van der Waals surface area contributed by atoms with Gasteiger partial charge < -0.3 is 19.9 Å². The average molecular weight is 350 g/mol. The molecule has 2 heterocycles. The van der Waals surface area contributed by atoms with Gasteiger partial charge in [-0.1, -0.05) is 0 Å². The van der Waals surface area contributed by atoms with Crippen molar-refractivity contribution in [2.75, 3.05) is 25.6 Å². The Morgan fingerprint density at radius 2 is 2.28 bits per heavy atom. The minimum absolute atomic E-state index is 0.276. The SMILES string of the molecule is CCOC(=O)/C=C/c1ncc(OC)nc1NC1CCCCN1C(=O)O. The molecule has 9 heteroatoms.